The standard InChI is InChI=1S/C17H20N2O2/c1-2-3-4-5-6-7-15-17(21)16(19-18-15)14-10-8-13(12-20)9-11-14/h8-12H,2-7H2,1H3. The first kappa shape index (κ1) is 15.3. The number of carbonyl (C=O) groups is 2. The van der Waals surface area contributed by atoms with Crippen LogP contribution in [-0.2, 0) is 4.79 Å². The number of hydrogen-bond acceptors (Lipinski definition) is 4. The molecule has 1 aromatic rings. The van der Waals surface area contributed by atoms with E-state index >= 15 is 0 Å². The van der Waals surface area contributed by atoms with E-state index in [1.54, 1.807) is 24.3 Å². The van der Waals surface area contributed by atoms with Crippen molar-refractivity contribution in [1.29, 1.82) is 0 Å². The summed E-state index contributed by atoms with van der Waals surface area (Å²) < 4.78 is 0. The fraction of sp³-hybridized carbons (Fsp3) is 0.412. The maximum atomic E-state index is 12.2. The highest BCUT2D eigenvalue weighted by molar-refractivity contribution is 6.71. The second-order valence-corrected chi connectivity index (χ2v) is 5.23. The van der Waals surface area contributed by atoms with E-state index in [2.05, 4.69) is 17.1 Å². The van der Waals surface area contributed by atoms with Crippen LogP contribution in [-0.4, -0.2) is 23.5 Å². The summed E-state index contributed by atoms with van der Waals surface area (Å²) in [6.45, 7) is 2.18. The number of unbranched alkanes of at least 4 members (excludes halogenated alkanes) is 4. The number of nitrogens with zero attached hydrogens (tertiary/aromatic N) is 2. The van der Waals surface area contributed by atoms with Gasteiger partial charge in [-0.15, -0.1) is 5.10 Å². The summed E-state index contributed by atoms with van der Waals surface area (Å²) in [4.78, 5) is 22.9. The van der Waals surface area contributed by atoms with Crippen LogP contribution < -0.4 is 0 Å². The third kappa shape index (κ3) is 3.94. The lowest BCUT2D eigenvalue weighted by molar-refractivity contribution is -0.107. The first-order valence-corrected chi connectivity index (χ1v) is 7.51. The number of carbonyl (C=O) groups excluding carboxylic acids is 2. The molecule has 0 spiro atoms. The van der Waals surface area contributed by atoms with Crippen LogP contribution in [0.25, 0.3) is 0 Å². The summed E-state index contributed by atoms with van der Waals surface area (Å²) in [6, 6.07) is 6.84. The van der Waals surface area contributed by atoms with E-state index in [0.29, 0.717) is 23.4 Å². The highest BCUT2D eigenvalue weighted by atomic mass is 16.1. The fourth-order valence-electron chi connectivity index (χ4n) is 2.31. The van der Waals surface area contributed by atoms with E-state index in [4.69, 9.17) is 0 Å². The van der Waals surface area contributed by atoms with Crippen molar-refractivity contribution in [2.75, 3.05) is 0 Å². The van der Waals surface area contributed by atoms with Gasteiger partial charge in [0.1, 0.15) is 17.7 Å². The van der Waals surface area contributed by atoms with Crippen molar-refractivity contribution in [3.05, 3.63) is 35.4 Å². The predicted octanol–water partition coefficient (Wildman–Crippen LogP) is 3.59. The SMILES string of the molecule is CCCCCCCC1=NN=C(c2ccc(C=O)cc2)C1=O. The summed E-state index contributed by atoms with van der Waals surface area (Å²) in [6.07, 6.45) is 7.25. The van der Waals surface area contributed by atoms with E-state index < -0.39 is 0 Å². The van der Waals surface area contributed by atoms with Crippen LogP contribution in [0.2, 0.25) is 0 Å². The second kappa shape index (κ2) is 7.62. The maximum absolute atomic E-state index is 12.2. The number of benzene rings is 1. The van der Waals surface area contributed by atoms with Crippen molar-refractivity contribution in [3.63, 3.8) is 0 Å². The molecule has 0 aromatic heterocycles. The molecule has 110 valence electrons. The molecule has 0 atom stereocenters. The molecular formula is C17H20N2O2. The molecule has 0 N–H and O–H groups in total. The molecule has 4 nitrogen and oxygen atoms in total. The Morgan fingerprint density at radius 3 is 2.38 bits per heavy atom. The molecular weight excluding hydrogens is 264 g/mol. The van der Waals surface area contributed by atoms with Crippen LogP contribution >= 0.6 is 0 Å². The molecule has 0 unspecified atom stereocenters. The maximum Gasteiger partial charge on any atom is 0.229 e. The zero-order chi connectivity index (χ0) is 15.1. The largest absolute Gasteiger partial charge is 0.298 e. The molecule has 0 saturated heterocycles. The molecule has 4 heteroatoms. The molecule has 0 fully saturated rings. The molecule has 0 bridgehead atoms. The molecule has 1 aliphatic rings. The van der Waals surface area contributed by atoms with Crippen molar-refractivity contribution in [2.45, 2.75) is 45.4 Å². The molecule has 2 rings (SSSR count). The first-order valence-electron chi connectivity index (χ1n) is 7.51. The van der Waals surface area contributed by atoms with Gasteiger partial charge in [0.25, 0.3) is 0 Å². The number of rotatable bonds is 8. The lowest BCUT2D eigenvalue weighted by Gasteiger charge is -2.02. The third-order valence-corrected chi connectivity index (χ3v) is 3.59. The Hall–Kier alpha value is -2.10. The minimum Gasteiger partial charge on any atom is -0.298 e. The molecule has 0 saturated carbocycles. The Morgan fingerprint density at radius 2 is 1.71 bits per heavy atom. The zero-order valence-electron chi connectivity index (χ0n) is 12.3. The summed E-state index contributed by atoms with van der Waals surface area (Å²) in [5, 5.41) is 8.03. The van der Waals surface area contributed by atoms with E-state index in [1.165, 1.54) is 19.3 Å². The van der Waals surface area contributed by atoms with Crippen LogP contribution in [0.15, 0.2) is 34.5 Å². The molecule has 1 aliphatic heterocycles. The number of aldehydes is 1. The monoisotopic (exact) mass is 284 g/mol. The van der Waals surface area contributed by atoms with Gasteiger partial charge in [0.15, 0.2) is 0 Å². The highest BCUT2D eigenvalue weighted by Crippen LogP contribution is 2.14. The Balaban J connectivity index is 1.88. The number of ketones is 1. The summed E-state index contributed by atoms with van der Waals surface area (Å²) in [7, 11) is 0. The number of Topliss-reactive ketones (excluding diaryl/α,β-unsaturated/α-hetero) is 1. The molecule has 0 radical (unpaired) electrons. The van der Waals surface area contributed by atoms with Crippen molar-refractivity contribution in [2.24, 2.45) is 10.2 Å². The Bertz CT molecular complexity index is 571. The zero-order valence-corrected chi connectivity index (χ0v) is 12.3. The quantitative estimate of drug-likeness (QED) is 0.541. The van der Waals surface area contributed by atoms with Gasteiger partial charge in [0.05, 0.1) is 0 Å². The van der Waals surface area contributed by atoms with E-state index in [9.17, 15) is 9.59 Å². The number of hydrogen-bond donors (Lipinski definition) is 0. The minimum absolute atomic E-state index is 0.0793. The lowest BCUT2D eigenvalue weighted by Crippen LogP contribution is -2.20. The van der Waals surface area contributed by atoms with Gasteiger partial charge >= 0.3 is 0 Å². The molecule has 1 aromatic carbocycles. The van der Waals surface area contributed by atoms with E-state index in [1.807, 2.05) is 0 Å². The van der Waals surface area contributed by atoms with Gasteiger partial charge in [-0.25, -0.2) is 0 Å². The van der Waals surface area contributed by atoms with Gasteiger partial charge in [-0.2, -0.15) is 5.10 Å². The van der Waals surface area contributed by atoms with Crippen molar-refractivity contribution >= 4 is 23.5 Å². The molecule has 1 heterocycles. The Labute approximate surface area is 125 Å². The minimum atomic E-state index is -0.0793. The van der Waals surface area contributed by atoms with Gasteiger partial charge in [-0.05, 0) is 12.8 Å². The topological polar surface area (TPSA) is 58.9 Å². The fourth-order valence-corrected chi connectivity index (χ4v) is 2.31. The van der Waals surface area contributed by atoms with Crippen molar-refractivity contribution < 1.29 is 9.59 Å². The average molecular weight is 284 g/mol. The van der Waals surface area contributed by atoms with Gasteiger partial charge < -0.3 is 0 Å². The van der Waals surface area contributed by atoms with Crippen LogP contribution in [0.4, 0.5) is 0 Å². The smallest absolute Gasteiger partial charge is 0.229 e. The van der Waals surface area contributed by atoms with Crippen LogP contribution in [0, 0.1) is 0 Å². The van der Waals surface area contributed by atoms with Crippen LogP contribution in [0.1, 0.15) is 61.4 Å². The van der Waals surface area contributed by atoms with Gasteiger partial charge in [0.2, 0.25) is 5.78 Å². The van der Waals surface area contributed by atoms with Gasteiger partial charge in [-0.3, -0.25) is 9.59 Å². The molecule has 21 heavy (non-hydrogen) atoms. The summed E-state index contributed by atoms with van der Waals surface area (Å²) >= 11 is 0. The molecule has 0 amide bonds. The Kier molecular flexibility index (Phi) is 5.55. The predicted molar refractivity (Wildman–Crippen MR) is 84.2 cm³/mol. The van der Waals surface area contributed by atoms with Gasteiger partial charge in [0, 0.05) is 11.1 Å². The average Bonchev–Trinajstić information content (AvgIpc) is 2.88. The van der Waals surface area contributed by atoms with Crippen LogP contribution in [0.5, 0.6) is 0 Å². The van der Waals surface area contributed by atoms with Crippen molar-refractivity contribution in [3.8, 4) is 0 Å². The summed E-state index contributed by atoms with van der Waals surface area (Å²) in [5.74, 6) is -0.0793. The van der Waals surface area contributed by atoms with E-state index in [0.717, 1.165) is 24.7 Å². The highest BCUT2D eigenvalue weighted by Gasteiger charge is 2.24. The normalized spacial score (nSPS) is 14.0. The first-order chi connectivity index (χ1) is 10.3. The Morgan fingerprint density at radius 1 is 1.00 bits per heavy atom. The van der Waals surface area contributed by atoms with Crippen molar-refractivity contribution in [1.82, 2.24) is 0 Å². The van der Waals surface area contributed by atoms with Gasteiger partial charge in [-0.1, -0.05) is 56.9 Å². The lowest BCUT2D eigenvalue weighted by atomic mass is 9.99. The third-order valence-electron chi connectivity index (χ3n) is 3.59. The van der Waals surface area contributed by atoms with E-state index in [-0.39, 0.29) is 5.78 Å². The second-order valence-electron chi connectivity index (χ2n) is 5.23. The van der Waals surface area contributed by atoms with Crippen LogP contribution in [0.3, 0.4) is 0 Å². The summed E-state index contributed by atoms with van der Waals surface area (Å²) in [5.41, 5.74) is 2.24. The molecule has 0 aliphatic carbocycles.